The van der Waals surface area contributed by atoms with E-state index >= 15 is 0 Å². The van der Waals surface area contributed by atoms with Gasteiger partial charge in [-0.1, -0.05) is 12.1 Å². The molecular weight excluding hydrogens is 205 g/mol. The van der Waals surface area contributed by atoms with Crippen molar-refractivity contribution in [3.05, 3.63) is 41.5 Å². The van der Waals surface area contributed by atoms with E-state index in [2.05, 4.69) is 5.10 Å². The number of benzene rings is 1. The highest BCUT2D eigenvalue weighted by Gasteiger charge is 2.08. The monoisotopic (exact) mass is 219 g/mol. The Balaban J connectivity index is 2.49. The molecule has 1 heterocycles. The average molecular weight is 219 g/mol. The van der Waals surface area contributed by atoms with E-state index < -0.39 is 0 Å². The van der Waals surface area contributed by atoms with Crippen LogP contribution in [0.3, 0.4) is 0 Å². The molecule has 0 unspecified atom stereocenters. The molecule has 16 heavy (non-hydrogen) atoms. The zero-order valence-electron chi connectivity index (χ0n) is 9.37. The Kier molecular flexibility index (Phi) is 2.75. The van der Waals surface area contributed by atoms with Gasteiger partial charge in [0, 0.05) is 30.4 Å². The highest BCUT2D eigenvalue weighted by Crippen LogP contribution is 2.24. The molecule has 3 nitrogen and oxygen atoms in total. The summed E-state index contributed by atoms with van der Waals surface area (Å²) >= 11 is 0. The summed E-state index contributed by atoms with van der Waals surface area (Å²) in [5, 5.41) is 4.13. The fraction of sp³-hybridized carbons (Fsp3) is 0.250. The van der Waals surface area contributed by atoms with Crippen molar-refractivity contribution in [1.82, 2.24) is 9.78 Å². The Bertz CT molecular complexity index is 517. The molecule has 0 aliphatic heterocycles. The number of rotatable bonds is 2. The first kappa shape index (κ1) is 10.8. The van der Waals surface area contributed by atoms with Gasteiger partial charge < -0.3 is 5.73 Å². The number of halogens is 1. The van der Waals surface area contributed by atoms with Crippen LogP contribution in [0.15, 0.2) is 24.4 Å². The van der Waals surface area contributed by atoms with Crippen LogP contribution in [-0.4, -0.2) is 9.78 Å². The Morgan fingerprint density at radius 1 is 1.44 bits per heavy atom. The minimum absolute atomic E-state index is 0.220. The number of nitrogens with two attached hydrogens (primary N) is 1. The summed E-state index contributed by atoms with van der Waals surface area (Å²) in [7, 11) is 1.86. The van der Waals surface area contributed by atoms with Crippen molar-refractivity contribution < 1.29 is 4.39 Å². The molecule has 2 N–H and O–H groups in total. The summed E-state index contributed by atoms with van der Waals surface area (Å²) in [6, 6.07) is 5.10. The fourth-order valence-corrected chi connectivity index (χ4v) is 1.66. The molecule has 1 aromatic heterocycles. The SMILES string of the molecule is Cc1c(-c2ccc(CN)c(F)c2)cnn1C. The first-order valence-corrected chi connectivity index (χ1v) is 5.11. The molecule has 0 bridgehead atoms. The van der Waals surface area contributed by atoms with Gasteiger partial charge in [0.25, 0.3) is 0 Å². The molecule has 0 saturated carbocycles. The first-order chi connectivity index (χ1) is 7.63. The zero-order valence-corrected chi connectivity index (χ0v) is 9.37. The molecule has 0 radical (unpaired) electrons. The van der Waals surface area contributed by atoms with E-state index in [1.165, 1.54) is 6.07 Å². The van der Waals surface area contributed by atoms with Crippen molar-refractivity contribution in [3.8, 4) is 11.1 Å². The molecule has 0 aliphatic rings. The van der Waals surface area contributed by atoms with E-state index in [0.29, 0.717) is 5.56 Å². The molecule has 0 fully saturated rings. The lowest BCUT2D eigenvalue weighted by molar-refractivity contribution is 0.611. The van der Waals surface area contributed by atoms with E-state index in [0.717, 1.165) is 16.8 Å². The van der Waals surface area contributed by atoms with Crippen LogP contribution in [0, 0.1) is 12.7 Å². The Labute approximate surface area is 93.7 Å². The predicted molar refractivity (Wildman–Crippen MR) is 61.2 cm³/mol. The third-order valence-electron chi connectivity index (χ3n) is 2.82. The van der Waals surface area contributed by atoms with E-state index in [9.17, 15) is 4.39 Å². The third kappa shape index (κ3) is 1.72. The quantitative estimate of drug-likeness (QED) is 0.839. The van der Waals surface area contributed by atoms with Gasteiger partial charge in [-0.2, -0.15) is 5.10 Å². The smallest absolute Gasteiger partial charge is 0.128 e. The Hall–Kier alpha value is -1.68. The predicted octanol–water partition coefficient (Wildman–Crippen LogP) is 1.99. The number of hydrogen-bond donors (Lipinski definition) is 1. The Morgan fingerprint density at radius 3 is 2.69 bits per heavy atom. The number of aryl methyl sites for hydroxylation is 1. The van der Waals surface area contributed by atoms with Gasteiger partial charge in [-0.25, -0.2) is 4.39 Å². The van der Waals surface area contributed by atoms with Crippen molar-refractivity contribution in [2.45, 2.75) is 13.5 Å². The van der Waals surface area contributed by atoms with Crippen LogP contribution in [0.5, 0.6) is 0 Å². The normalized spacial score (nSPS) is 10.8. The molecule has 2 aromatic rings. The van der Waals surface area contributed by atoms with Gasteiger partial charge in [-0.15, -0.1) is 0 Å². The molecular formula is C12H14FN3. The summed E-state index contributed by atoms with van der Waals surface area (Å²) in [5.74, 6) is -0.261. The molecule has 1 aromatic carbocycles. The van der Waals surface area contributed by atoms with Crippen LogP contribution >= 0.6 is 0 Å². The summed E-state index contributed by atoms with van der Waals surface area (Å²) in [6.07, 6.45) is 1.74. The maximum absolute atomic E-state index is 13.6. The zero-order chi connectivity index (χ0) is 11.7. The lowest BCUT2D eigenvalue weighted by atomic mass is 10.0. The topological polar surface area (TPSA) is 43.8 Å². The molecule has 2 rings (SSSR count). The minimum atomic E-state index is -0.261. The van der Waals surface area contributed by atoms with E-state index in [1.807, 2.05) is 20.0 Å². The number of aromatic nitrogens is 2. The largest absolute Gasteiger partial charge is 0.326 e. The van der Waals surface area contributed by atoms with Gasteiger partial charge in [-0.3, -0.25) is 4.68 Å². The van der Waals surface area contributed by atoms with Crippen molar-refractivity contribution >= 4 is 0 Å². The van der Waals surface area contributed by atoms with Crippen molar-refractivity contribution in [2.24, 2.45) is 12.8 Å². The van der Waals surface area contributed by atoms with Gasteiger partial charge >= 0.3 is 0 Å². The van der Waals surface area contributed by atoms with Crippen LogP contribution in [0.25, 0.3) is 11.1 Å². The van der Waals surface area contributed by atoms with Gasteiger partial charge in [0.2, 0.25) is 0 Å². The van der Waals surface area contributed by atoms with Crippen LogP contribution < -0.4 is 5.73 Å². The summed E-state index contributed by atoms with van der Waals surface area (Å²) < 4.78 is 15.3. The van der Waals surface area contributed by atoms with E-state index in [1.54, 1.807) is 16.9 Å². The van der Waals surface area contributed by atoms with Crippen molar-refractivity contribution in [2.75, 3.05) is 0 Å². The van der Waals surface area contributed by atoms with Crippen molar-refractivity contribution in [1.29, 1.82) is 0 Å². The van der Waals surface area contributed by atoms with Crippen molar-refractivity contribution in [3.63, 3.8) is 0 Å². The van der Waals surface area contributed by atoms with Crippen LogP contribution in [0.1, 0.15) is 11.3 Å². The molecule has 84 valence electrons. The molecule has 4 heteroatoms. The fourth-order valence-electron chi connectivity index (χ4n) is 1.66. The van der Waals surface area contributed by atoms with Crippen LogP contribution in [0.4, 0.5) is 4.39 Å². The Morgan fingerprint density at radius 2 is 2.19 bits per heavy atom. The second-order valence-electron chi connectivity index (χ2n) is 3.78. The molecule has 0 saturated heterocycles. The highest BCUT2D eigenvalue weighted by molar-refractivity contribution is 5.65. The highest BCUT2D eigenvalue weighted by atomic mass is 19.1. The van der Waals surface area contributed by atoms with Gasteiger partial charge in [0.1, 0.15) is 5.82 Å². The van der Waals surface area contributed by atoms with E-state index in [4.69, 9.17) is 5.73 Å². The van der Waals surface area contributed by atoms with Crippen LogP contribution in [-0.2, 0) is 13.6 Å². The third-order valence-corrected chi connectivity index (χ3v) is 2.82. The summed E-state index contributed by atoms with van der Waals surface area (Å²) in [6.45, 7) is 2.18. The maximum atomic E-state index is 13.6. The molecule has 0 aliphatic carbocycles. The van der Waals surface area contributed by atoms with Gasteiger partial charge in [0.05, 0.1) is 6.20 Å². The molecule has 0 atom stereocenters. The summed E-state index contributed by atoms with van der Waals surface area (Å²) in [4.78, 5) is 0. The van der Waals surface area contributed by atoms with Crippen LogP contribution in [0.2, 0.25) is 0 Å². The number of nitrogens with zero attached hydrogens (tertiary/aromatic N) is 2. The second-order valence-corrected chi connectivity index (χ2v) is 3.78. The molecule has 0 spiro atoms. The number of hydrogen-bond acceptors (Lipinski definition) is 2. The average Bonchev–Trinajstić information content (AvgIpc) is 2.60. The lowest BCUT2D eigenvalue weighted by Crippen LogP contribution is -1.99. The second kappa shape index (κ2) is 4.06. The lowest BCUT2D eigenvalue weighted by Gasteiger charge is -2.04. The first-order valence-electron chi connectivity index (χ1n) is 5.11. The van der Waals surface area contributed by atoms with Gasteiger partial charge in [0.15, 0.2) is 0 Å². The standard InChI is InChI=1S/C12H14FN3/c1-8-11(7-15-16(8)2)9-3-4-10(6-14)12(13)5-9/h3-5,7H,6,14H2,1-2H3. The summed E-state index contributed by atoms with van der Waals surface area (Å²) in [5.41, 5.74) is 8.75. The maximum Gasteiger partial charge on any atom is 0.128 e. The molecule has 0 amide bonds. The minimum Gasteiger partial charge on any atom is -0.326 e. The van der Waals surface area contributed by atoms with Gasteiger partial charge in [-0.05, 0) is 18.6 Å². The van der Waals surface area contributed by atoms with E-state index in [-0.39, 0.29) is 12.4 Å².